The summed E-state index contributed by atoms with van der Waals surface area (Å²) in [5, 5.41) is 0.311. The van der Waals surface area contributed by atoms with E-state index in [1.807, 2.05) is 0 Å². The molecule has 0 aliphatic carbocycles. The van der Waals surface area contributed by atoms with Gasteiger partial charge in [0, 0.05) is 5.02 Å². The molecule has 2 aromatic carbocycles. The number of halogens is 4. The van der Waals surface area contributed by atoms with Crippen LogP contribution >= 0.6 is 11.6 Å². The molecule has 0 bridgehead atoms. The number of allylic oxidation sites excluding steroid dienone is 1. The average Bonchev–Trinajstić information content (AvgIpc) is 2.59. The molecule has 0 saturated carbocycles. The van der Waals surface area contributed by atoms with Gasteiger partial charge in [0.1, 0.15) is 0 Å². The molecule has 0 unspecified atom stereocenters. The molecule has 0 aliphatic rings. The van der Waals surface area contributed by atoms with Crippen LogP contribution < -0.4 is 0 Å². The van der Waals surface area contributed by atoms with Crippen LogP contribution in [0.25, 0.3) is 11.6 Å². The van der Waals surface area contributed by atoms with E-state index in [1.54, 1.807) is 30.3 Å². The fourth-order valence-corrected chi connectivity index (χ4v) is 2.33. The normalized spacial score (nSPS) is 12.8. The monoisotopic (exact) mass is 366 g/mol. The van der Waals surface area contributed by atoms with Gasteiger partial charge in [-0.15, -0.1) is 0 Å². The second-order valence-corrected chi connectivity index (χ2v) is 5.44. The van der Waals surface area contributed by atoms with Crippen LogP contribution in [0.2, 0.25) is 5.02 Å². The van der Waals surface area contributed by atoms with E-state index in [4.69, 9.17) is 11.6 Å². The van der Waals surface area contributed by atoms with Gasteiger partial charge in [-0.25, -0.2) is 4.79 Å². The number of carbonyl (C=O) groups is 1. The summed E-state index contributed by atoms with van der Waals surface area (Å²) >= 11 is 6.02. The van der Waals surface area contributed by atoms with Gasteiger partial charge in [-0.3, -0.25) is 0 Å². The van der Waals surface area contributed by atoms with E-state index >= 15 is 0 Å². The summed E-state index contributed by atoms with van der Waals surface area (Å²) in [5.74, 6) is -0.891. The lowest BCUT2D eigenvalue weighted by atomic mass is 10.0. The van der Waals surface area contributed by atoms with Crippen molar-refractivity contribution in [1.29, 1.82) is 0 Å². The number of methoxy groups -OCH3 is 1. The zero-order valence-corrected chi connectivity index (χ0v) is 13.9. The second-order valence-electron chi connectivity index (χ2n) is 5.03. The highest BCUT2D eigenvalue weighted by Crippen LogP contribution is 2.35. The fraction of sp³-hybridized carbons (Fsp3) is 0.105. The standard InChI is InChI=1S/C19H14ClF3O2/c1-25-18(24)15(11-14-9-5-6-10-17(14)20)12-16(19(21,22)23)13-7-3-2-4-8-13/h2-12H,1H3/b15-11+,16-12+. The summed E-state index contributed by atoms with van der Waals surface area (Å²) in [6, 6.07) is 13.8. The number of benzene rings is 2. The quantitative estimate of drug-likeness (QED) is 0.403. The first-order valence-corrected chi connectivity index (χ1v) is 7.59. The number of ether oxygens (including phenoxy) is 1. The smallest absolute Gasteiger partial charge is 0.417 e. The summed E-state index contributed by atoms with van der Waals surface area (Å²) in [5.41, 5.74) is -0.844. The molecule has 0 spiro atoms. The van der Waals surface area contributed by atoms with E-state index in [1.165, 1.54) is 30.3 Å². The second kappa shape index (κ2) is 8.03. The van der Waals surface area contributed by atoms with Crippen LogP contribution in [0.4, 0.5) is 13.2 Å². The van der Waals surface area contributed by atoms with Crippen molar-refractivity contribution in [3.05, 3.63) is 82.4 Å². The molecule has 2 aromatic rings. The molecule has 0 aromatic heterocycles. The molecule has 0 N–H and O–H groups in total. The van der Waals surface area contributed by atoms with Gasteiger partial charge in [-0.1, -0.05) is 60.1 Å². The zero-order valence-electron chi connectivity index (χ0n) is 13.2. The number of esters is 1. The molecule has 0 aliphatic heterocycles. The highest BCUT2D eigenvalue weighted by molar-refractivity contribution is 6.32. The maximum Gasteiger partial charge on any atom is 0.417 e. The number of rotatable bonds is 4. The Morgan fingerprint density at radius 1 is 1.04 bits per heavy atom. The van der Waals surface area contributed by atoms with Gasteiger partial charge in [0.25, 0.3) is 0 Å². The highest BCUT2D eigenvalue weighted by Gasteiger charge is 2.35. The molecule has 0 heterocycles. The van der Waals surface area contributed by atoms with Gasteiger partial charge in [-0.05, 0) is 29.3 Å². The number of alkyl halides is 3. The van der Waals surface area contributed by atoms with Gasteiger partial charge in [0.2, 0.25) is 0 Å². The van der Waals surface area contributed by atoms with E-state index in [-0.39, 0.29) is 11.1 Å². The first-order valence-electron chi connectivity index (χ1n) is 7.22. The number of hydrogen-bond acceptors (Lipinski definition) is 2. The van der Waals surface area contributed by atoms with Crippen LogP contribution in [0.1, 0.15) is 11.1 Å². The van der Waals surface area contributed by atoms with Crippen LogP contribution in [0.5, 0.6) is 0 Å². The van der Waals surface area contributed by atoms with Crippen LogP contribution in [-0.2, 0) is 9.53 Å². The number of carbonyl (C=O) groups excluding carboxylic acids is 1. The molecular formula is C19H14ClF3O2. The van der Waals surface area contributed by atoms with E-state index in [0.717, 1.165) is 13.2 Å². The average molecular weight is 367 g/mol. The van der Waals surface area contributed by atoms with Crippen LogP contribution in [0.3, 0.4) is 0 Å². The molecule has 130 valence electrons. The minimum Gasteiger partial charge on any atom is -0.465 e. The predicted molar refractivity (Wildman–Crippen MR) is 91.9 cm³/mol. The van der Waals surface area contributed by atoms with Crippen molar-refractivity contribution in [3.63, 3.8) is 0 Å². The Hall–Kier alpha value is -2.53. The molecule has 25 heavy (non-hydrogen) atoms. The number of hydrogen-bond donors (Lipinski definition) is 0. The Balaban J connectivity index is 2.62. The molecule has 0 saturated heterocycles. The molecule has 0 amide bonds. The SMILES string of the molecule is COC(=O)C(=C/c1ccccc1Cl)/C=C(\c1ccccc1)C(F)(F)F. The van der Waals surface area contributed by atoms with E-state index in [9.17, 15) is 18.0 Å². The Morgan fingerprint density at radius 2 is 1.64 bits per heavy atom. The third-order valence-corrected chi connectivity index (χ3v) is 3.67. The largest absolute Gasteiger partial charge is 0.465 e. The summed E-state index contributed by atoms with van der Waals surface area (Å²) in [6.07, 6.45) is -2.61. The van der Waals surface area contributed by atoms with Crippen LogP contribution in [0, 0.1) is 0 Å². The minimum absolute atomic E-state index is 0.0519. The van der Waals surface area contributed by atoms with Crippen molar-refractivity contribution in [1.82, 2.24) is 0 Å². The lowest BCUT2D eigenvalue weighted by molar-refractivity contribution is -0.135. The Kier molecular flexibility index (Phi) is 6.04. The molecule has 6 heteroatoms. The van der Waals surface area contributed by atoms with Crippen LogP contribution in [0.15, 0.2) is 66.2 Å². The summed E-state index contributed by atoms with van der Waals surface area (Å²) in [6.45, 7) is 0. The lowest BCUT2D eigenvalue weighted by Gasteiger charge is -2.13. The Labute approximate surface area is 148 Å². The zero-order chi connectivity index (χ0) is 18.4. The van der Waals surface area contributed by atoms with Gasteiger partial charge in [0.15, 0.2) is 0 Å². The first kappa shape index (κ1) is 18.8. The Bertz CT molecular complexity index is 809. The topological polar surface area (TPSA) is 26.3 Å². The van der Waals surface area contributed by atoms with Gasteiger partial charge in [-0.2, -0.15) is 13.2 Å². The predicted octanol–water partition coefficient (Wildman–Crippen LogP) is 5.54. The van der Waals surface area contributed by atoms with Gasteiger partial charge < -0.3 is 4.74 Å². The fourth-order valence-electron chi connectivity index (χ4n) is 2.14. The van der Waals surface area contributed by atoms with Crippen molar-refractivity contribution in [2.24, 2.45) is 0 Å². The molecule has 2 nitrogen and oxygen atoms in total. The third kappa shape index (κ3) is 4.97. The minimum atomic E-state index is -4.64. The highest BCUT2D eigenvalue weighted by atomic mass is 35.5. The third-order valence-electron chi connectivity index (χ3n) is 3.33. The van der Waals surface area contributed by atoms with Crippen molar-refractivity contribution in [3.8, 4) is 0 Å². The van der Waals surface area contributed by atoms with Gasteiger partial charge in [0.05, 0.1) is 18.3 Å². The van der Waals surface area contributed by atoms with E-state index in [0.29, 0.717) is 10.6 Å². The van der Waals surface area contributed by atoms with Crippen molar-refractivity contribution < 1.29 is 22.7 Å². The maximum atomic E-state index is 13.5. The van der Waals surface area contributed by atoms with Crippen LogP contribution in [-0.4, -0.2) is 19.3 Å². The first-order chi connectivity index (χ1) is 11.8. The Morgan fingerprint density at radius 3 is 2.20 bits per heavy atom. The lowest BCUT2D eigenvalue weighted by Crippen LogP contribution is -2.13. The molecule has 0 fully saturated rings. The van der Waals surface area contributed by atoms with E-state index in [2.05, 4.69) is 4.74 Å². The van der Waals surface area contributed by atoms with Gasteiger partial charge >= 0.3 is 12.1 Å². The van der Waals surface area contributed by atoms with Crippen molar-refractivity contribution in [2.75, 3.05) is 7.11 Å². The van der Waals surface area contributed by atoms with Crippen molar-refractivity contribution >= 4 is 29.2 Å². The molecule has 2 rings (SSSR count). The summed E-state index contributed by atoms with van der Waals surface area (Å²) in [7, 11) is 1.10. The summed E-state index contributed by atoms with van der Waals surface area (Å²) < 4.78 is 45.0. The molecule has 0 radical (unpaired) electrons. The maximum absolute atomic E-state index is 13.5. The molecule has 0 atom stereocenters. The molecular weight excluding hydrogens is 353 g/mol. The van der Waals surface area contributed by atoms with Crippen molar-refractivity contribution in [2.45, 2.75) is 6.18 Å². The summed E-state index contributed by atoms with van der Waals surface area (Å²) in [4.78, 5) is 12.0. The van der Waals surface area contributed by atoms with E-state index < -0.39 is 17.7 Å².